The van der Waals surface area contributed by atoms with Crippen LogP contribution in [-0.4, -0.2) is 35.2 Å². The van der Waals surface area contributed by atoms with Crippen molar-refractivity contribution in [2.45, 2.75) is 20.0 Å². The second-order valence-electron chi connectivity index (χ2n) is 3.79. The Kier molecular flexibility index (Phi) is 5.05. The number of pyridine rings is 1. The second kappa shape index (κ2) is 6.53. The lowest BCUT2D eigenvalue weighted by molar-refractivity contribution is -0.148. The molecule has 1 aromatic heterocycles. The SMILES string of the molecule is COC(=O)C(C)Oc1ccc(C)nc1C=CC(=O)O. The second-order valence-corrected chi connectivity index (χ2v) is 3.79. The number of rotatable bonds is 5. The number of carbonyl (C=O) groups excluding carboxylic acids is 1. The van der Waals surface area contributed by atoms with Crippen LogP contribution in [0.3, 0.4) is 0 Å². The summed E-state index contributed by atoms with van der Waals surface area (Å²) in [5, 5.41) is 8.61. The van der Waals surface area contributed by atoms with Crippen molar-refractivity contribution in [3.8, 4) is 5.75 Å². The molecule has 6 nitrogen and oxygen atoms in total. The topological polar surface area (TPSA) is 85.7 Å². The van der Waals surface area contributed by atoms with Crippen LogP contribution in [-0.2, 0) is 14.3 Å². The highest BCUT2D eigenvalue weighted by atomic mass is 16.6. The Balaban J connectivity index is 2.99. The standard InChI is InChI=1S/C13H15NO5/c1-8-4-6-11(19-9(2)13(17)18-3)10(14-8)5-7-12(15)16/h4-7,9H,1-3H3,(H,15,16). The summed E-state index contributed by atoms with van der Waals surface area (Å²) in [7, 11) is 1.26. The lowest BCUT2D eigenvalue weighted by Gasteiger charge is -2.14. The average Bonchev–Trinajstić information content (AvgIpc) is 2.37. The largest absolute Gasteiger partial charge is 0.478 e. The maximum atomic E-state index is 11.3. The van der Waals surface area contributed by atoms with Crippen LogP contribution in [0.4, 0.5) is 0 Å². The van der Waals surface area contributed by atoms with Crippen LogP contribution < -0.4 is 4.74 Å². The summed E-state index contributed by atoms with van der Waals surface area (Å²) >= 11 is 0. The quantitative estimate of drug-likeness (QED) is 0.640. The first kappa shape index (κ1) is 14.7. The molecule has 0 amide bonds. The zero-order chi connectivity index (χ0) is 14.4. The molecule has 1 N–H and O–H groups in total. The van der Waals surface area contributed by atoms with Gasteiger partial charge in [-0.1, -0.05) is 0 Å². The van der Waals surface area contributed by atoms with Gasteiger partial charge in [0.2, 0.25) is 0 Å². The van der Waals surface area contributed by atoms with E-state index in [1.807, 2.05) is 0 Å². The first-order valence-electron chi connectivity index (χ1n) is 5.57. The van der Waals surface area contributed by atoms with Crippen LogP contribution in [0.5, 0.6) is 5.75 Å². The molecule has 6 heteroatoms. The van der Waals surface area contributed by atoms with Gasteiger partial charge in [0.1, 0.15) is 11.4 Å². The molecule has 1 heterocycles. The van der Waals surface area contributed by atoms with E-state index < -0.39 is 18.0 Å². The van der Waals surface area contributed by atoms with Gasteiger partial charge in [-0.05, 0) is 32.1 Å². The van der Waals surface area contributed by atoms with E-state index in [1.54, 1.807) is 19.1 Å². The Hall–Kier alpha value is -2.37. The van der Waals surface area contributed by atoms with Crippen LogP contribution in [0.1, 0.15) is 18.3 Å². The van der Waals surface area contributed by atoms with E-state index in [-0.39, 0.29) is 0 Å². The molecule has 1 rings (SSSR count). The van der Waals surface area contributed by atoms with Gasteiger partial charge in [0.05, 0.1) is 7.11 Å². The molecule has 0 bridgehead atoms. The smallest absolute Gasteiger partial charge is 0.346 e. The number of carbonyl (C=O) groups is 2. The Morgan fingerprint density at radius 2 is 2.11 bits per heavy atom. The number of ether oxygens (including phenoxy) is 2. The van der Waals surface area contributed by atoms with Crippen molar-refractivity contribution in [3.63, 3.8) is 0 Å². The summed E-state index contributed by atoms with van der Waals surface area (Å²) in [6.07, 6.45) is 1.47. The number of carboxylic acids is 1. The zero-order valence-electron chi connectivity index (χ0n) is 10.9. The number of carboxylic acid groups (broad SMARTS) is 1. The van der Waals surface area contributed by atoms with Crippen LogP contribution in [0.2, 0.25) is 0 Å². The summed E-state index contributed by atoms with van der Waals surface area (Å²) in [5.74, 6) is -1.29. The maximum Gasteiger partial charge on any atom is 0.346 e. The minimum absolute atomic E-state index is 0.320. The summed E-state index contributed by atoms with van der Waals surface area (Å²) in [5.41, 5.74) is 1.06. The summed E-state index contributed by atoms with van der Waals surface area (Å²) < 4.78 is 9.95. The zero-order valence-corrected chi connectivity index (χ0v) is 10.9. The molecule has 0 spiro atoms. The Bertz CT molecular complexity index is 510. The minimum atomic E-state index is -1.09. The first-order chi connectivity index (χ1) is 8.93. The molecule has 19 heavy (non-hydrogen) atoms. The number of esters is 1. The highest BCUT2D eigenvalue weighted by Gasteiger charge is 2.16. The fourth-order valence-electron chi connectivity index (χ4n) is 1.34. The normalized spacial score (nSPS) is 12.2. The lowest BCUT2D eigenvalue weighted by Crippen LogP contribution is -2.25. The van der Waals surface area contributed by atoms with E-state index in [1.165, 1.54) is 20.1 Å². The highest BCUT2D eigenvalue weighted by molar-refractivity contribution is 5.85. The molecule has 1 unspecified atom stereocenters. The molecule has 0 aliphatic heterocycles. The molecule has 1 atom stereocenters. The van der Waals surface area contributed by atoms with Crippen molar-refractivity contribution in [1.82, 2.24) is 4.98 Å². The first-order valence-corrected chi connectivity index (χ1v) is 5.57. The third kappa shape index (κ3) is 4.42. The Labute approximate surface area is 110 Å². The molecule has 1 aromatic rings. The predicted molar refractivity (Wildman–Crippen MR) is 67.7 cm³/mol. The minimum Gasteiger partial charge on any atom is -0.478 e. The van der Waals surface area contributed by atoms with Crippen molar-refractivity contribution < 1.29 is 24.2 Å². The summed E-state index contributed by atoms with van der Waals surface area (Å²) in [6, 6.07) is 3.33. The lowest BCUT2D eigenvalue weighted by atomic mass is 10.2. The fourth-order valence-corrected chi connectivity index (χ4v) is 1.34. The van der Waals surface area contributed by atoms with Gasteiger partial charge >= 0.3 is 11.9 Å². The van der Waals surface area contributed by atoms with Gasteiger partial charge in [-0.25, -0.2) is 14.6 Å². The number of methoxy groups -OCH3 is 1. The Morgan fingerprint density at radius 1 is 1.42 bits per heavy atom. The molecule has 0 aliphatic carbocycles. The monoisotopic (exact) mass is 265 g/mol. The third-order valence-electron chi connectivity index (χ3n) is 2.25. The molecule has 0 fully saturated rings. The maximum absolute atomic E-state index is 11.3. The fraction of sp³-hybridized carbons (Fsp3) is 0.308. The van der Waals surface area contributed by atoms with E-state index in [0.717, 1.165) is 6.08 Å². The number of nitrogens with zero attached hydrogens (tertiary/aromatic N) is 1. The average molecular weight is 265 g/mol. The highest BCUT2D eigenvalue weighted by Crippen LogP contribution is 2.20. The van der Waals surface area contributed by atoms with Gasteiger partial charge in [-0.2, -0.15) is 0 Å². The van der Waals surface area contributed by atoms with E-state index >= 15 is 0 Å². The number of hydrogen-bond donors (Lipinski definition) is 1. The number of aromatic nitrogens is 1. The van der Waals surface area contributed by atoms with Crippen molar-refractivity contribution in [3.05, 3.63) is 29.6 Å². The number of aliphatic carboxylic acids is 1. The van der Waals surface area contributed by atoms with Crippen molar-refractivity contribution in [2.24, 2.45) is 0 Å². The summed E-state index contributed by atoms with van der Waals surface area (Å²) in [4.78, 5) is 26.0. The van der Waals surface area contributed by atoms with Crippen molar-refractivity contribution in [2.75, 3.05) is 7.11 Å². The molecule has 0 saturated heterocycles. The van der Waals surface area contributed by atoms with Crippen LogP contribution in [0.15, 0.2) is 18.2 Å². The van der Waals surface area contributed by atoms with Crippen LogP contribution in [0, 0.1) is 6.92 Å². The molecule has 0 aliphatic rings. The van der Waals surface area contributed by atoms with Gasteiger partial charge in [0.15, 0.2) is 6.10 Å². The Morgan fingerprint density at radius 3 is 2.68 bits per heavy atom. The number of hydrogen-bond acceptors (Lipinski definition) is 5. The molecule has 102 valence electrons. The van der Waals surface area contributed by atoms with Crippen LogP contribution >= 0.6 is 0 Å². The van der Waals surface area contributed by atoms with Crippen molar-refractivity contribution in [1.29, 1.82) is 0 Å². The summed E-state index contributed by atoms with van der Waals surface area (Å²) in [6.45, 7) is 3.31. The molecule has 0 aromatic carbocycles. The van der Waals surface area contributed by atoms with Gasteiger partial charge in [-0.3, -0.25) is 0 Å². The van der Waals surface area contributed by atoms with Crippen LogP contribution in [0.25, 0.3) is 6.08 Å². The predicted octanol–water partition coefficient (Wildman–Crippen LogP) is 1.43. The third-order valence-corrected chi connectivity index (χ3v) is 2.25. The van der Waals surface area contributed by atoms with Gasteiger partial charge < -0.3 is 14.6 Å². The van der Waals surface area contributed by atoms with E-state index in [2.05, 4.69) is 9.72 Å². The van der Waals surface area contributed by atoms with Gasteiger partial charge in [0, 0.05) is 11.8 Å². The molecular formula is C13H15NO5. The molecule has 0 saturated carbocycles. The van der Waals surface area contributed by atoms with E-state index in [0.29, 0.717) is 17.1 Å². The molecular weight excluding hydrogens is 250 g/mol. The van der Waals surface area contributed by atoms with E-state index in [4.69, 9.17) is 9.84 Å². The van der Waals surface area contributed by atoms with E-state index in [9.17, 15) is 9.59 Å². The molecule has 0 radical (unpaired) electrons. The van der Waals surface area contributed by atoms with Gasteiger partial charge in [-0.15, -0.1) is 0 Å². The number of aryl methyl sites for hydroxylation is 1. The van der Waals surface area contributed by atoms with Crippen molar-refractivity contribution >= 4 is 18.0 Å². The van der Waals surface area contributed by atoms with Gasteiger partial charge in [0.25, 0.3) is 0 Å².